The number of benzene rings is 3. The van der Waals surface area contributed by atoms with Gasteiger partial charge in [-0.15, -0.1) is 23.1 Å². The molecule has 1 atom stereocenters. The minimum atomic E-state index is -4.69. The predicted octanol–water partition coefficient (Wildman–Crippen LogP) is 7.95. The molecule has 1 heterocycles. The number of nitrogens with one attached hydrogen (secondary N) is 3. The molecule has 0 saturated carbocycles. The number of amides is 3. The lowest BCUT2D eigenvalue weighted by molar-refractivity contribution is -0.137. The first-order chi connectivity index (χ1) is 20.0. The van der Waals surface area contributed by atoms with Crippen LogP contribution < -0.4 is 16.0 Å². The van der Waals surface area contributed by atoms with Gasteiger partial charge in [0.05, 0.1) is 16.5 Å². The molecule has 3 aromatic carbocycles. The van der Waals surface area contributed by atoms with Gasteiger partial charge in [0.15, 0.2) is 0 Å². The first kappa shape index (κ1) is 30.9. The van der Waals surface area contributed by atoms with E-state index in [-0.39, 0.29) is 16.4 Å². The summed E-state index contributed by atoms with van der Waals surface area (Å²) in [5.41, 5.74) is -0.534. The third-order valence-corrected chi connectivity index (χ3v) is 7.86. The van der Waals surface area contributed by atoms with Gasteiger partial charge in [-0.2, -0.15) is 13.2 Å². The Morgan fingerprint density at radius 2 is 1.64 bits per heavy atom. The van der Waals surface area contributed by atoms with Crippen LogP contribution in [0.4, 0.5) is 24.5 Å². The van der Waals surface area contributed by atoms with Gasteiger partial charge in [0.2, 0.25) is 5.91 Å². The van der Waals surface area contributed by atoms with Crippen molar-refractivity contribution in [3.05, 3.63) is 117 Å². The van der Waals surface area contributed by atoms with Gasteiger partial charge in [0, 0.05) is 26.0 Å². The maximum Gasteiger partial charge on any atom is 0.418 e. The predicted molar refractivity (Wildman–Crippen MR) is 162 cm³/mol. The molecule has 216 valence electrons. The average Bonchev–Trinajstić information content (AvgIpc) is 3.47. The fourth-order valence-electron chi connectivity index (χ4n) is 3.63. The van der Waals surface area contributed by atoms with Crippen molar-refractivity contribution in [1.82, 2.24) is 5.32 Å². The standard InChI is InChI=1S/C30H23ClF3N3O3S2/c1-18(27(38)36-25-14-9-20(31)16-24(25)30(32,33)34)42-22-12-10-21(11-13-22)35-29(40)26(17-23-8-5-15-41-23)37-28(39)19-6-3-2-4-7-19/h2-18H,1H3,(H,35,40)(H,36,38)(H,37,39)/b26-17-. The molecular weight excluding hydrogens is 607 g/mol. The fraction of sp³-hybridized carbons (Fsp3) is 0.100. The summed E-state index contributed by atoms with van der Waals surface area (Å²) in [7, 11) is 0. The zero-order chi connectivity index (χ0) is 30.3. The smallest absolute Gasteiger partial charge is 0.325 e. The van der Waals surface area contributed by atoms with Crippen molar-refractivity contribution in [3.8, 4) is 0 Å². The zero-order valence-electron chi connectivity index (χ0n) is 21.9. The first-order valence-electron chi connectivity index (χ1n) is 12.4. The van der Waals surface area contributed by atoms with E-state index in [1.54, 1.807) is 67.6 Å². The maximum atomic E-state index is 13.4. The highest BCUT2D eigenvalue weighted by Gasteiger charge is 2.34. The number of carbonyl (C=O) groups is 3. The molecule has 0 fully saturated rings. The van der Waals surface area contributed by atoms with E-state index in [1.807, 2.05) is 17.5 Å². The molecule has 0 aliphatic carbocycles. The minimum Gasteiger partial charge on any atom is -0.325 e. The van der Waals surface area contributed by atoms with Crippen LogP contribution in [0.5, 0.6) is 0 Å². The number of thioether (sulfide) groups is 1. The number of hydrogen-bond acceptors (Lipinski definition) is 5. The van der Waals surface area contributed by atoms with Gasteiger partial charge in [0.25, 0.3) is 11.8 Å². The Kier molecular flexibility index (Phi) is 10.1. The van der Waals surface area contributed by atoms with E-state index in [0.29, 0.717) is 16.1 Å². The van der Waals surface area contributed by atoms with Crippen LogP contribution in [0, 0.1) is 0 Å². The highest BCUT2D eigenvalue weighted by Crippen LogP contribution is 2.37. The van der Waals surface area contributed by atoms with Crippen LogP contribution in [-0.2, 0) is 15.8 Å². The normalized spacial score (nSPS) is 12.4. The highest BCUT2D eigenvalue weighted by atomic mass is 35.5. The average molecular weight is 630 g/mol. The Balaban J connectivity index is 1.40. The van der Waals surface area contributed by atoms with E-state index < -0.39 is 34.7 Å². The van der Waals surface area contributed by atoms with Crippen LogP contribution >= 0.6 is 34.7 Å². The number of rotatable bonds is 9. The summed E-state index contributed by atoms with van der Waals surface area (Å²) in [5, 5.41) is 8.76. The molecule has 0 spiro atoms. The second kappa shape index (κ2) is 13.7. The molecule has 4 rings (SSSR count). The second-order valence-corrected chi connectivity index (χ2v) is 11.6. The largest absolute Gasteiger partial charge is 0.418 e. The van der Waals surface area contributed by atoms with Crippen molar-refractivity contribution >= 4 is 69.9 Å². The van der Waals surface area contributed by atoms with Gasteiger partial charge in [-0.05, 0) is 79.0 Å². The molecule has 0 bridgehead atoms. The van der Waals surface area contributed by atoms with Gasteiger partial charge in [0.1, 0.15) is 5.70 Å². The van der Waals surface area contributed by atoms with Crippen molar-refractivity contribution in [1.29, 1.82) is 0 Å². The maximum absolute atomic E-state index is 13.4. The molecule has 6 nitrogen and oxygen atoms in total. The molecule has 12 heteroatoms. The van der Waals surface area contributed by atoms with E-state index in [1.165, 1.54) is 17.4 Å². The van der Waals surface area contributed by atoms with Crippen LogP contribution in [0.15, 0.2) is 101 Å². The molecule has 0 aliphatic heterocycles. The fourth-order valence-corrected chi connectivity index (χ4v) is 5.32. The van der Waals surface area contributed by atoms with Gasteiger partial charge in [-0.1, -0.05) is 35.9 Å². The van der Waals surface area contributed by atoms with Crippen molar-refractivity contribution < 1.29 is 27.6 Å². The Bertz CT molecular complexity index is 1590. The Labute approximate surface area is 253 Å². The number of thiophene rings is 1. The molecule has 0 radical (unpaired) electrons. The zero-order valence-corrected chi connectivity index (χ0v) is 24.3. The first-order valence-corrected chi connectivity index (χ1v) is 14.5. The number of halogens is 4. The third-order valence-electron chi connectivity index (χ3n) is 5.70. The lowest BCUT2D eigenvalue weighted by Crippen LogP contribution is -2.30. The van der Waals surface area contributed by atoms with Crippen molar-refractivity contribution in [2.24, 2.45) is 0 Å². The summed E-state index contributed by atoms with van der Waals surface area (Å²) in [4.78, 5) is 39.9. The molecule has 0 saturated heterocycles. The van der Waals surface area contributed by atoms with Crippen molar-refractivity contribution in [2.45, 2.75) is 23.2 Å². The van der Waals surface area contributed by atoms with Gasteiger partial charge in [-0.3, -0.25) is 14.4 Å². The molecule has 3 N–H and O–H groups in total. The van der Waals surface area contributed by atoms with E-state index >= 15 is 0 Å². The van der Waals surface area contributed by atoms with E-state index in [0.717, 1.165) is 28.8 Å². The van der Waals surface area contributed by atoms with Gasteiger partial charge in [-0.25, -0.2) is 0 Å². The molecule has 1 unspecified atom stereocenters. The van der Waals surface area contributed by atoms with Crippen LogP contribution in [-0.4, -0.2) is 23.0 Å². The Morgan fingerprint density at radius 1 is 0.929 bits per heavy atom. The molecule has 1 aromatic heterocycles. The molecule has 0 aliphatic rings. The van der Waals surface area contributed by atoms with E-state index in [2.05, 4.69) is 16.0 Å². The van der Waals surface area contributed by atoms with Crippen molar-refractivity contribution in [2.75, 3.05) is 10.6 Å². The summed E-state index contributed by atoms with van der Waals surface area (Å²) >= 11 is 8.24. The highest BCUT2D eigenvalue weighted by molar-refractivity contribution is 8.00. The quantitative estimate of drug-likeness (QED) is 0.130. The van der Waals surface area contributed by atoms with Crippen LogP contribution in [0.3, 0.4) is 0 Å². The number of anilines is 2. The summed E-state index contributed by atoms with van der Waals surface area (Å²) in [5.74, 6) is -1.60. The van der Waals surface area contributed by atoms with Crippen LogP contribution in [0.25, 0.3) is 6.08 Å². The lowest BCUT2D eigenvalue weighted by atomic mass is 10.1. The lowest BCUT2D eigenvalue weighted by Gasteiger charge is -2.17. The monoisotopic (exact) mass is 629 g/mol. The molecule has 42 heavy (non-hydrogen) atoms. The summed E-state index contributed by atoms with van der Waals surface area (Å²) in [6.45, 7) is 1.57. The minimum absolute atomic E-state index is 0.0514. The molecule has 4 aromatic rings. The van der Waals surface area contributed by atoms with Gasteiger partial charge >= 0.3 is 6.18 Å². The summed E-state index contributed by atoms with van der Waals surface area (Å²) in [6, 6.07) is 21.8. The Morgan fingerprint density at radius 3 is 2.29 bits per heavy atom. The van der Waals surface area contributed by atoms with Crippen molar-refractivity contribution in [3.63, 3.8) is 0 Å². The van der Waals surface area contributed by atoms with Gasteiger partial charge < -0.3 is 16.0 Å². The number of alkyl halides is 3. The number of hydrogen-bond donors (Lipinski definition) is 3. The summed E-state index contributed by atoms with van der Waals surface area (Å²) < 4.78 is 40.1. The molecular formula is C30H23ClF3N3O3S2. The van der Waals surface area contributed by atoms with Crippen LogP contribution in [0.1, 0.15) is 27.7 Å². The molecule has 3 amide bonds. The van der Waals surface area contributed by atoms with Crippen LogP contribution in [0.2, 0.25) is 5.02 Å². The number of carbonyl (C=O) groups excluding carboxylic acids is 3. The SMILES string of the molecule is CC(Sc1ccc(NC(=O)/C(=C/c2cccs2)NC(=O)c2ccccc2)cc1)C(=O)Nc1ccc(Cl)cc1C(F)(F)F. The Hall–Kier alpha value is -4.06. The third kappa shape index (κ3) is 8.48. The topological polar surface area (TPSA) is 87.3 Å². The second-order valence-electron chi connectivity index (χ2n) is 8.81. The van der Waals surface area contributed by atoms with E-state index in [4.69, 9.17) is 11.6 Å². The van der Waals surface area contributed by atoms with E-state index in [9.17, 15) is 27.6 Å². The summed E-state index contributed by atoms with van der Waals surface area (Å²) in [6.07, 6.45) is -3.11.